The van der Waals surface area contributed by atoms with Crippen LogP contribution in [0.25, 0.3) is 10.9 Å². The van der Waals surface area contributed by atoms with Crippen LogP contribution in [0.15, 0.2) is 18.2 Å². The molecule has 1 N–H and O–H groups in total. The van der Waals surface area contributed by atoms with Crippen molar-refractivity contribution in [2.75, 3.05) is 26.4 Å². The molecule has 8 nitrogen and oxygen atoms in total. The van der Waals surface area contributed by atoms with E-state index in [0.29, 0.717) is 10.9 Å². The maximum atomic E-state index is 13.7. The maximum Gasteiger partial charge on any atom is 0.363 e. The van der Waals surface area contributed by atoms with Crippen molar-refractivity contribution in [3.63, 3.8) is 0 Å². The monoisotopic (exact) mass is 425 g/mol. The van der Waals surface area contributed by atoms with Crippen LogP contribution >= 0.6 is 7.60 Å². The minimum Gasteiger partial charge on any atom is -0.465 e. The van der Waals surface area contributed by atoms with Crippen LogP contribution in [0, 0.1) is 6.92 Å². The number of hydrogen-bond acceptors (Lipinski definition) is 7. The van der Waals surface area contributed by atoms with Gasteiger partial charge >= 0.3 is 19.5 Å². The van der Waals surface area contributed by atoms with Gasteiger partial charge in [0.2, 0.25) is 0 Å². The van der Waals surface area contributed by atoms with Crippen molar-refractivity contribution >= 4 is 35.7 Å². The van der Waals surface area contributed by atoms with E-state index in [1.54, 1.807) is 33.8 Å². The first-order valence-electron chi connectivity index (χ1n) is 9.68. The molecule has 0 atom stereocenters. The molecule has 0 aliphatic carbocycles. The van der Waals surface area contributed by atoms with Crippen molar-refractivity contribution in [3.8, 4) is 0 Å². The lowest BCUT2D eigenvalue weighted by Gasteiger charge is -2.21. The zero-order valence-electron chi connectivity index (χ0n) is 17.4. The molecule has 2 rings (SSSR count). The number of aromatic nitrogens is 1. The van der Waals surface area contributed by atoms with E-state index < -0.39 is 25.5 Å². The Morgan fingerprint density at radius 1 is 0.966 bits per heavy atom. The van der Waals surface area contributed by atoms with Crippen LogP contribution in [0.4, 0.5) is 0 Å². The molecule has 0 saturated carbocycles. The fourth-order valence-corrected chi connectivity index (χ4v) is 5.09. The zero-order chi connectivity index (χ0) is 21.6. The number of fused-ring (bicyclic) bond motifs is 1. The molecule has 0 spiro atoms. The number of esters is 2. The summed E-state index contributed by atoms with van der Waals surface area (Å²) in [6.45, 7) is 8.98. The van der Waals surface area contributed by atoms with E-state index in [-0.39, 0.29) is 37.4 Å². The first-order valence-corrected chi connectivity index (χ1v) is 11.2. The lowest BCUT2D eigenvalue weighted by molar-refractivity contribution is -0.157. The second-order valence-corrected chi connectivity index (χ2v) is 8.16. The fourth-order valence-electron chi connectivity index (χ4n) is 3.11. The standard InChI is InChI=1S/C20H28NO7P/c1-6-25-19(22)16(20(23)26-7-2)17-18(29(24,27-8-3)28-9-4)14-11-10-13(5)12-15(14)21-17/h10-12,16,21H,6-9H2,1-5H3. The molecule has 0 unspecified atom stereocenters. The van der Waals surface area contributed by atoms with Gasteiger partial charge in [0.05, 0.1) is 37.4 Å². The van der Waals surface area contributed by atoms with Gasteiger partial charge in [0.1, 0.15) is 0 Å². The Morgan fingerprint density at radius 3 is 2.00 bits per heavy atom. The van der Waals surface area contributed by atoms with Crippen LogP contribution in [-0.2, 0) is 32.7 Å². The first-order chi connectivity index (χ1) is 13.8. The van der Waals surface area contributed by atoms with Gasteiger partial charge in [-0.3, -0.25) is 14.2 Å². The Kier molecular flexibility index (Phi) is 8.02. The summed E-state index contributed by atoms with van der Waals surface area (Å²) in [6, 6.07) is 5.44. The molecule has 160 valence electrons. The number of ether oxygens (including phenoxy) is 2. The summed E-state index contributed by atoms with van der Waals surface area (Å²) in [5.74, 6) is -3.03. The topological polar surface area (TPSA) is 104 Å². The quantitative estimate of drug-likeness (QED) is 0.352. The molecule has 0 bridgehead atoms. The van der Waals surface area contributed by atoms with E-state index in [4.69, 9.17) is 18.5 Å². The van der Waals surface area contributed by atoms with Gasteiger partial charge in [-0.2, -0.15) is 0 Å². The summed E-state index contributed by atoms with van der Waals surface area (Å²) >= 11 is 0. The number of carbonyl (C=O) groups is 2. The van der Waals surface area contributed by atoms with Crippen molar-refractivity contribution in [2.24, 2.45) is 0 Å². The van der Waals surface area contributed by atoms with E-state index in [0.717, 1.165) is 5.56 Å². The summed E-state index contributed by atoms with van der Waals surface area (Å²) in [7, 11) is -3.84. The number of H-pyrrole nitrogens is 1. The van der Waals surface area contributed by atoms with Gasteiger partial charge in [-0.15, -0.1) is 0 Å². The number of rotatable bonds is 10. The normalized spacial score (nSPS) is 11.8. The van der Waals surface area contributed by atoms with E-state index in [9.17, 15) is 14.2 Å². The lowest BCUT2D eigenvalue weighted by Crippen LogP contribution is -2.30. The summed E-state index contributed by atoms with van der Waals surface area (Å²) in [5, 5.41) is 0.705. The zero-order valence-corrected chi connectivity index (χ0v) is 18.3. The van der Waals surface area contributed by atoms with Gasteiger partial charge in [0.25, 0.3) is 0 Å². The molecule has 0 fully saturated rings. The molecule has 0 saturated heterocycles. The minimum absolute atomic E-state index is 0.0813. The Balaban J connectivity index is 2.83. The van der Waals surface area contributed by atoms with Gasteiger partial charge in [0, 0.05) is 10.9 Å². The number of aryl methyl sites for hydroxylation is 1. The van der Waals surface area contributed by atoms with Crippen LogP contribution in [0.5, 0.6) is 0 Å². The van der Waals surface area contributed by atoms with Gasteiger partial charge in [-0.1, -0.05) is 12.1 Å². The van der Waals surface area contributed by atoms with Crippen LogP contribution < -0.4 is 5.30 Å². The van der Waals surface area contributed by atoms with Gasteiger partial charge in [0.15, 0.2) is 5.92 Å². The van der Waals surface area contributed by atoms with Crippen molar-refractivity contribution in [1.29, 1.82) is 0 Å². The number of benzene rings is 1. The average Bonchev–Trinajstić information content (AvgIpc) is 3.01. The molecule has 1 aromatic heterocycles. The van der Waals surface area contributed by atoms with E-state index in [2.05, 4.69) is 4.98 Å². The Morgan fingerprint density at radius 2 is 1.52 bits per heavy atom. The third-order valence-electron chi connectivity index (χ3n) is 4.16. The van der Waals surface area contributed by atoms with Gasteiger partial charge < -0.3 is 23.5 Å². The van der Waals surface area contributed by atoms with Crippen molar-refractivity contribution in [1.82, 2.24) is 4.98 Å². The molecule has 1 heterocycles. The average molecular weight is 425 g/mol. The molecular formula is C20H28NO7P. The van der Waals surface area contributed by atoms with E-state index in [1.165, 1.54) is 0 Å². The summed E-state index contributed by atoms with van der Waals surface area (Å²) in [5.41, 5.74) is 1.66. The van der Waals surface area contributed by atoms with Crippen LogP contribution in [0.1, 0.15) is 44.9 Å². The Hall–Kier alpha value is -2.15. The van der Waals surface area contributed by atoms with E-state index >= 15 is 0 Å². The van der Waals surface area contributed by atoms with E-state index in [1.807, 2.05) is 19.1 Å². The SMILES string of the molecule is CCOC(=O)C(C(=O)OCC)c1[nH]c2cc(C)ccc2c1P(=O)(OCC)OCC. The third kappa shape index (κ3) is 4.89. The number of aromatic amines is 1. The highest BCUT2D eigenvalue weighted by atomic mass is 31.2. The lowest BCUT2D eigenvalue weighted by atomic mass is 10.1. The molecule has 2 aromatic rings. The summed E-state index contributed by atoms with van der Waals surface area (Å²) in [6.07, 6.45) is 0. The van der Waals surface area contributed by atoms with Crippen molar-refractivity contribution < 1.29 is 32.7 Å². The molecule has 1 aromatic carbocycles. The molecular weight excluding hydrogens is 397 g/mol. The largest absolute Gasteiger partial charge is 0.465 e. The third-order valence-corrected chi connectivity index (χ3v) is 6.39. The van der Waals surface area contributed by atoms with Crippen molar-refractivity contribution in [3.05, 3.63) is 29.5 Å². The van der Waals surface area contributed by atoms with Crippen molar-refractivity contribution in [2.45, 2.75) is 40.5 Å². The number of hydrogen-bond donors (Lipinski definition) is 1. The minimum atomic E-state index is -3.84. The molecule has 0 aliphatic heterocycles. The highest BCUT2D eigenvalue weighted by molar-refractivity contribution is 7.63. The van der Waals surface area contributed by atoms with Crippen LogP contribution in [0.3, 0.4) is 0 Å². The molecule has 0 aliphatic rings. The Labute approximate surface area is 170 Å². The number of nitrogens with one attached hydrogen (secondary N) is 1. The molecule has 0 amide bonds. The highest BCUT2D eigenvalue weighted by Crippen LogP contribution is 2.50. The fraction of sp³-hybridized carbons (Fsp3) is 0.500. The Bertz CT molecular complexity index is 893. The predicted octanol–water partition coefficient (Wildman–Crippen LogP) is 3.58. The predicted molar refractivity (Wildman–Crippen MR) is 110 cm³/mol. The maximum absolute atomic E-state index is 13.7. The summed E-state index contributed by atoms with van der Waals surface area (Å²) < 4.78 is 35.0. The highest BCUT2D eigenvalue weighted by Gasteiger charge is 2.42. The molecule has 9 heteroatoms. The molecule has 29 heavy (non-hydrogen) atoms. The van der Waals surface area contributed by atoms with Crippen LogP contribution in [-0.4, -0.2) is 43.4 Å². The van der Waals surface area contributed by atoms with Gasteiger partial charge in [-0.05, 0) is 46.2 Å². The van der Waals surface area contributed by atoms with Crippen LogP contribution in [0.2, 0.25) is 0 Å². The molecule has 0 radical (unpaired) electrons. The second kappa shape index (κ2) is 10.1. The smallest absolute Gasteiger partial charge is 0.363 e. The van der Waals surface area contributed by atoms with Gasteiger partial charge in [-0.25, -0.2) is 0 Å². The second-order valence-electron chi connectivity index (χ2n) is 6.21. The number of carbonyl (C=O) groups excluding carboxylic acids is 2. The summed E-state index contributed by atoms with van der Waals surface area (Å²) in [4.78, 5) is 28.4. The first kappa shape index (κ1) is 23.1.